The fourth-order valence-corrected chi connectivity index (χ4v) is 4.05. The molecule has 2 aromatic rings. The van der Waals surface area contributed by atoms with E-state index in [1.54, 1.807) is 6.92 Å². The van der Waals surface area contributed by atoms with Crippen molar-refractivity contribution < 1.29 is 30.7 Å². The number of anilines is 1. The zero-order valence-corrected chi connectivity index (χ0v) is 14.4. The fraction of sp³-hybridized carbons (Fsp3) is 0.143. The van der Waals surface area contributed by atoms with E-state index in [1.165, 1.54) is 18.2 Å². The standard InChI is InChI=1S/C14H12N2O7S2/c1-8-5-14(17)16(15-8)9-6-11-10(13(7-9)25(21,22)23)3-2-4-12(11)24(18,19)20/h2-4,6-7H,5H2,1H3,(H,18,19,20)(H,21,22,23). The summed E-state index contributed by atoms with van der Waals surface area (Å²) in [5.41, 5.74) is 0.444. The second-order valence-corrected chi connectivity index (χ2v) is 8.24. The molecule has 1 heterocycles. The van der Waals surface area contributed by atoms with Crippen LogP contribution < -0.4 is 5.01 Å². The predicted molar refractivity (Wildman–Crippen MR) is 88.8 cm³/mol. The first kappa shape index (κ1) is 17.5. The first-order valence-electron chi connectivity index (χ1n) is 6.87. The Morgan fingerprint density at radius 1 is 1.00 bits per heavy atom. The van der Waals surface area contributed by atoms with Crippen molar-refractivity contribution in [2.24, 2.45) is 5.10 Å². The van der Waals surface area contributed by atoms with Gasteiger partial charge in [0.25, 0.3) is 26.1 Å². The maximum atomic E-state index is 12.0. The summed E-state index contributed by atoms with van der Waals surface area (Å²) < 4.78 is 65.5. The average molecular weight is 384 g/mol. The normalized spacial score (nSPS) is 15.7. The zero-order chi connectivity index (χ0) is 18.6. The molecule has 11 heteroatoms. The van der Waals surface area contributed by atoms with Crippen molar-refractivity contribution in [1.29, 1.82) is 0 Å². The van der Waals surface area contributed by atoms with E-state index >= 15 is 0 Å². The number of hydrogen-bond acceptors (Lipinski definition) is 6. The molecule has 1 aliphatic rings. The van der Waals surface area contributed by atoms with E-state index in [1.807, 2.05) is 0 Å². The van der Waals surface area contributed by atoms with Crippen molar-refractivity contribution in [2.75, 3.05) is 5.01 Å². The second kappa shape index (κ2) is 5.59. The molecule has 0 atom stereocenters. The van der Waals surface area contributed by atoms with E-state index in [2.05, 4.69) is 5.10 Å². The van der Waals surface area contributed by atoms with Crippen LogP contribution in [0.2, 0.25) is 0 Å². The van der Waals surface area contributed by atoms with Crippen LogP contribution in [-0.4, -0.2) is 37.6 Å². The third-order valence-corrected chi connectivity index (χ3v) is 5.42. The van der Waals surface area contributed by atoms with Gasteiger partial charge in [0.05, 0.1) is 12.1 Å². The Hall–Kier alpha value is -2.34. The summed E-state index contributed by atoms with van der Waals surface area (Å²) in [4.78, 5) is 10.8. The molecule has 0 radical (unpaired) electrons. The summed E-state index contributed by atoms with van der Waals surface area (Å²) in [5.74, 6) is -0.442. The van der Waals surface area contributed by atoms with Gasteiger partial charge < -0.3 is 0 Å². The molecule has 0 unspecified atom stereocenters. The van der Waals surface area contributed by atoms with E-state index in [4.69, 9.17) is 0 Å². The lowest BCUT2D eigenvalue weighted by Gasteiger charge is -2.15. The number of hydrogen-bond donors (Lipinski definition) is 2. The van der Waals surface area contributed by atoms with E-state index in [0.717, 1.165) is 17.1 Å². The monoisotopic (exact) mass is 384 g/mol. The summed E-state index contributed by atoms with van der Waals surface area (Å²) in [6, 6.07) is 5.81. The molecule has 0 spiro atoms. The molecular weight excluding hydrogens is 372 g/mol. The number of fused-ring (bicyclic) bond motifs is 1. The molecule has 25 heavy (non-hydrogen) atoms. The molecule has 0 saturated heterocycles. The molecule has 2 aromatic carbocycles. The zero-order valence-electron chi connectivity index (χ0n) is 12.7. The van der Waals surface area contributed by atoms with Gasteiger partial charge in [-0.25, -0.2) is 5.01 Å². The number of carbonyl (C=O) groups is 1. The summed E-state index contributed by atoms with van der Waals surface area (Å²) in [7, 11) is -9.41. The van der Waals surface area contributed by atoms with Gasteiger partial charge in [0.1, 0.15) is 9.79 Å². The Balaban J connectivity index is 2.44. The summed E-state index contributed by atoms with van der Waals surface area (Å²) in [5, 5.41) is 4.61. The highest BCUT2D eigenvalue weighted by Gasteiger charge is 2.27. The Kier molecular flexibility index (Phi) is 3.91. The van der Waals surface area contributed by atoms with Crippen molar-refractivity contribution in [1.82, 2.24) is 0 Å². The van der Waals surface area contributed by atoms with Gasteiger partial charge in [0.2, 0.25) is 0 Å². The molecule has 1 aliphatic heterocycles. The lowest BCUT2D eigenvalue weighted by Crippen LogP contribution is -2.20. The SMILES string of the molecule is CC1=NN(c2cc(S(=O)(=O)O)c3cccc(S(=O)(=O)O)c3c2)C(=O)C1. The predicted octanol–water partition coefficient (Wildman–Crippen LogP) is 1.45. The van der Waals surface area contributed by atoms with E-state index in [0.29, 0.717) is 5.71 Å². The van der Waals surface area contributed by atoms with E-state index in [-0.39, 0.29) is 22.9 Å². The number of rotatable bonds is 3. The first-order valence-corrected chi connectivity index (χ1v) is 9.75. The lowest BCUT2D eigenvalue weighted by molar-refractivity contribution is -0.116. The molecule has 1 amide bonds. The van der Waals surface area contributed by atoms with Crippen molar-refractivity contribution in [3.05, 3.63) is 30.3 Å². The van der Waals surface area contributed by atoms with Crippen molar-refractivity contribution >= 4 is 48.3 Å². The maximum absolute atomic E-state index is 12.0. The van der Waals surface area contributed by atoms with Crippen LogP contribution in [0.1, 0.15) is 13.3 Å². The van der Waals surface area contributed by atoms with E-state index < -0.39 is 35.9 Å². The van der Waals surface area contributed by atoms with Gasteiger partial charge in [0, 0.05) is 16.5 Å². The molecule has 2 N–H and O–H groups in total. The third kappa shape index (κ3) is 3.14. The molecule has 0 aliphatic carbocycles. The summed E-state index contributed by atoms with van der Waals surface area (Å²) in [6.45, 7) is 1.60. The van der Waals surface area contributed by atoms with Crippen LogP contribution in [0.4, 0.5) is 5.69 Å². The van der Waals surface area contributed by atoms with Gasteiger partial charge >= 0.3 is 0 Å². The molecular formula is C14H12N2O7S2. The van der Waals surface area contributed by atoms with E-state index in [9.17, 15) is 30.7 Å². The summed E-state index contributed by atoms with van der Waals surface area (Å²) in [6.07, 6.45) is 0.0270. The van der Waals surface area contributed by atoms with Crippen molar-refractivity contribution in [2.45, 2.75) is 23.1 Å². The van der Waals surface area contributed by atoms with Crippen LogP contribution in [-0.2, 0) is 25.0 Å². The second-order valence-electron chi connectivity index (χ2n) is 5.46. The molecule has 0 bridgehead atoms. The lowest BCUT2D eigenvalue weighted by atomic mass is 10.1. The number of amides is 1. The highest BCUT2D eigenvalue weighted by Crippen LogP contribution is 2.34. The Morgan fingerprint density at radius 3 is 2.16 bits per heavy atom. The highest BCUT2D eigenvalue weighted by molar-refractivity contribution is 7.86. The van der Waals surface area contributed by atoms with Crippen LogP contribution in [0.15, 0.2) is 45.2 Å². The van der Waals surface area contributed by atoms with Gasteiger partial charge in [0.15, 0.2) is 0 Å². The smallest absolute Gasteiger partial charge is 0.282 e. The minimum Gasteiger partial charge on any atom is -0.282 e. The Bertz CT molecular complexity index is 1150. The molecule has 9 nitrogen and oxygen atoms in total. The fourth-order valence-electron chi connectivity index (χ4n) is 2.63. The van der Waals surface area contributed by atoms with Crippen molar-refractivity contribution in [3.8, 4) is 0 Å². The molecule has 132 valence electrons. The minimum atomic E-state index is -4.74. The largest absolute Gasteiger partial charge is 0.295 e. The number of benzene rings is 2. The van der Waals surface area contributed by atoms with Crippen molar-refractivity contribution in [3.63, 3.8) is 0 Å². The maximum Gasteiger partial charge on any atom is 0.295 e. The third-order valence-electron chi connectivity index (χ3n) is 3.62. The van der Waals surface area contributed by atoms with Gasteiger partial charge in [-0.1, -0.05) is 12.1 Å². The molecule has 0 fully saturated rings. The van der Waals surface area contributed by atoms with Gasteiger partial charge in [-0.2, -0.15) is 21.9 Å². The minimum absolute atomic E-state index is 0.0270. The number of carbonyl (C=O) groups excluding carboxylic acids is 1. The van der Waals surface area contributed by atoms with Crippen LogP contribution in [0, 0.1) is 0 Å². The topological polar surface area (TPSA) is 141 Å². The number of hydrazone groups is 1. The van der Waals surface area contributed by atoms with Gasteiger partial charge in [-0.05, 0) is 25.1 Å². The van der Waals surface area contributed by atoms with Gasteiger partial charge in [-0.3, -0.25) is 13.9 Å². The molecule has 0 aromatic heterocycles. The first-order chi connectivity index (χ1) is 11.5. The summed E-state index contributed by atoms with van der Waals surface area (Å²) >= 11 is 0. The molecule has 3 rings (SSSR count). The van der Waals surface area contributed by atoms with Crippen LogP contribution in [0.3, 0.4) is 0 Å². The number of nitrogens with zero attached hydrogens (tertiary/aromatic N) is 2. The highest BCUT2D eigenvalue weighted by atomic mass is 32.2. The Morgan fingerprint density at radius 2 is 1.64 bits per heavy atom. The molecule has 0 saturated carbocycles. The van der Waals surface area contributed by atoms with Crippen LogP contribution >= 0.6 is 0 Å². The quantitative estimate of drug-likeness (QED) is 0.763. The van der Waals surface area contributed by atoms with Gasteiger partial charge in [-0.15, -0.1) is 0 Å². The Labute approximate surface area is 143 Å². The van der Waals surface area contributed by atoms with Crippen LogP contribution in [0.5, 0.6) is 0 Å². The van der Waals surface area contributed by atoms with Crippen LogP contribution in [0.25, 0.3) is 10.8 Å². The average Bonchev–Trinajstić information content (AvgIpc) is 2.82.